The normalized spacial score (nSPS) is 24.9. The van der Waals surface area contributed by atoms with Crippen molar-refractivity contribution in [3.8, 4) is 0 Å². The molecule has 1 saturated heterocycles. The molecule has 1 aromatic carbocycles. The van der Waals surface area contributed by atoms with Crippen LogP contribution >= 0.6 is 0 Å². The number of nitrogens with zero attached hydrogens (tertiary/aromatic N) is 1. The molecule has 24 heavy (non-hydrogen) atoms. The smallest absolute Gasteiger partial charge is 0.330 e. The lowest BCUT2D eigenvalue weighted by Gasteiger charge is -2.43. The summed E-state index contributed by atoms with van der Waals surface area (Å²) in [6.45, 7) is 6.52. The topological polar surface area (TPSA) is 46.6 Å². The van der Waals surface area contributed by atoms with E-state index >= 15 is 0 Å². The van der Waals surface area contributed by atoms with Crippen LogP contribution in [-0.2, 0) is 14.3 Å². The summed E-state index contributed by atoms with van der Waals surface area (Å²) in [6, 6.07) is 9.94. The van der Waals surface area contributed by atoms with Gasteiger partial charge in [0.05, 0.1) is 7.11 Å². The monoisotopic (exact) mass is 327 g/mol. The minimum Gasteiger partial charge on any atom is -0.466 e. The van der Waals surface area contributed by atoms with Gasteiger partial charge in [0.15, 0.2) is 0 Å². The van der Waals surface area contributed by atoms with Crippen LogP contribution in [0.4, 0.5) is 0 Å². The highest BCUT2D eigenvalue weighted by atomic mass is 16.5. The van der Waals surface area contributed by atoms with Crippen molar-refractivity contribution in [2.75, 3.05) is 13.7 Å². The second-order valence-electron chi connectivity index (χ2n) is 6.07. The van der Waals surface area contributed by atoms with Crippen molar-refractivity contribution in [3.63, 3.8) is 0 Å². The summed E-state index contributed by atoms with van der Waals surface area (Å²) < 4.78 is 4.69. The quantitative estimate of drug-likeness (QED) is 0.457. The highest BCUT2D eigenvalue weighted by Crippen LogP contribution is 2.36. The fourth-order valence-electron chi connectivity index (χ4n) is 3.23. The van der Waals surface area contributed by atoms with Crippen molar-refractivity contribution in [3.05, 3.63) is 60.7 Å². The zero-order valence-corrected chi connectivity index (χ0v) is 14.4. The highest BCUT2D eigenvalue weighted by molar-refractivity contribution is 5.85. The Morgan fingerprint density at radius 2 is 2.08 bits per heavy atom. The predicted octanol–water partition coefficient (Wildman–Crippen LogP) is 3.31. The maximum Gasteiger partial charge on any atom is 0.330 e. The summed E-state index contributed by atoms with van der Waals surface area (Å²) in [5.41, 5.74) is 1.12. The van der Waals surface area contributed by atoms with Crippen LogP contribution in [0.15, 0.2) is 55.1 Å². The Morgan fingerprint density at radius 1 is 1.38 bits per heavy atom. The van der Waals surface area contributed by atoms with Gasteiger partial charge in [-0.3, -0.25) is 9.69 Å². The van der Waals surface area contributed by atoms with Crippen LogP contribution in [0.3, 0.4) is 0 Å². The second kappa shape index (κ2) is 8.60. The van der Waals surface area contributed by atoms with E-state index in [0.717, 1.165) is 18.5 Å². The molecule has 0 radical (unpaired) electrons. The Bertz CT molecular complexity index is 609. The van der Waals surface area contributed by atoms with Crippen molar-refractivity contribution in [2.24, 2.45) is 5.92 Å². The Hall–Kier alpha value is -2.20. The van der Waals surface area contributed by atoms with Crippen molar-refractivity contribution in [1.29, 1.82) is 0 Å². The van der Waals surface area contributed by atoms with E-state index in [0.29, 0.717) is 6.42 Å². The number of hydrogen-bond donors (Lipinski definition) is 0. The molecule has 0 unspecified atom stereocenters. The molecular formula is C20H25NO3. The first-order valence-electron chi connectivity index (χ1n) is 8.29. The lowest BCUT2D eigenvalue weighted by molar-refractivity contribution is -0.135. The predicted molar refractivity (Wildman–Crippen MR) is 94.4 cm³/mol. The summed E-state index contributed by atoms with van der Waals surface area (Å²) in [6.07, 6.45) is 6.41. The van der Waals surface area contributed by atoms with E-state index in [-0.39, 0.29) is 23.8 Å². The summed E-state index contributed by atoms with van der Waals surface area (Å²) in [4.78, 5) is 26.3. The molecule has 0 saturated carbocycles. The minimum absolute atomic E-state index is 0.0159. The number of piperidine rings is 1. The van der Waals surface area contributed by atoms with Crippen molar-refractivity contribution in [2.45, 2.75) is 31.8 Å². The average Bonchev–Trinajstić information content (AvgIpc) is 2.61. The van der Waals surface area contributed by atoms with Crippen LogP contribution < -0.4 is 0 Å². The van der Waals surface area contributed by atoms with E-state index in [1.54, 1.807) is 6.08 Å². The van der Waals surface area contributed by atoms with E-state index in [2.05, 4.69) is 28.3 Å². The Balaban J connectivity index is 2.35. The maximum absolute atomic E-state index is 12.5. The first kappa shape index (κ1) is 18.1. The largest absolute Gasteiger partial charge is 0.466 e. The van der Waals surface area contributed by atoms with E-state index in [9.17, 15) is 9.59 Å². The van der Waals surface area contributed by atoms with Gasteiger partial charge in [-0.1, -0.05) is 49.4 Å². The van der Waals surface area contributed by atoms with Crippen LogP contribution in [0, 0.1) is 5.92 Å². The molecule has 4 nitrogen and oxygen atoms in total. The molecule has 2 rings (SSSR count). The van der Waals surface area contributed by atoms with Gasteiger partial charge < -0.3 is 4.74 Å². The van der Waals surface area contributed by atoms with Gasteiger partial charge in [-0.2, -0.15) is 0 Å². The molecule has 0 bridgehead atoms. The van der Waals surface area contributed by atoms with Crippen molar-refractivity contribution in [1.82, 2.24) is 4.90 Å². The van der Waals surface area contributed by atoms with Crippen LogP contribution in [0.25, 0.3) is 0 Å². The zero-order chi connectivity index (χ0) is 17.5. The third kappa shape index (κ3) is 4.20. The lowest BCUT2D eigenvalue weighted by atomic mass is 9.82. The van der Waals surface area contributed by atoms with Gasteiger partial charge in [0, 0.05) is 37.0 Å². The Labute approximate surface area is 143 Å². The minimum atomic E-state index is -0.403. The summed E-state index contributed by atoms with van der Waals surface area (Å²) in [5, 5.41) is 0. The van der Waals surface area contributed by atoms with Gasteiger partial charge in [0.1, 0.15) is 5.78 Å². The molecule has 1 aliphatic heterocycles. The lowest BCUT2D eigenvalue weighted by Crippen LogP contribution is -2.49. The van der Waals surface area contributed by atoms with E-state index in [1.165, 1.54) is 13.2 Å². The molecule has 4 heteroatoms. The van der Waals surface area contributed by atoms with Crippen molar-refractivity contribution >= 4 is 11.8 Å². The number of carbonyl (C=O) groups is 2. The summed E-state index contributed by atoms with van der Waals surface area (Å²) in [7, 11) is 1.35. The molecule has 1 fully saturated rings. The number of Topliss-reactive ketones (excluding diaryl/α,β-unsaturated/α-hetero) is 1. The van der Waals surface area contributed by atoms with Crippen LogP contribution in [0.5, 0.6) is 0 Å². The third-order valence-electron chi connectivity index (χ3n) is 4.60. The standard InChI is InChI=1S/C20H25NO3/c1-4-5-13-21-17(11-12-20(23)24-3)15(2)19(22)14-18(21)16-9-7-6-8-10-16/h4,6-12,15,17-18H,1,5,13-14H2,2-3H3/b12-11+/t15-,17+,18+/m1/s1. The van der Waals surface area contributed by atoms with Gasteiger partial charge in [-0.15, -0.1) is 6.58 Å². The number of esters is 1. The maximum atomic E-state index is 12.5. The number of carbonyl (C=O) groups excluding carboxylic acids is 2. The number of benzene rings is 1. The molecule has 128 valence electrons. The molecule has 1 heterocycles. The first-order valence-corrected chi connectivity index (χ1v) is 8.29. The van der Waals surface area contributed by atoms with Crippen molar-refractivity contribution < 1.29 is 14.3 Å². The fourth-order valence-corrected chi connectivity index (χ4v) is 3.23. The van der Waals surface area contributed by atoms with Gasteiger partial charge in [-0.25, -0.2) is 4.79 Å². The SMILES string of the molecule is C=CCCN1[C@H](c2ccccc2)CC(=O)[C@H](C)[C@@H]1/C=C/C(=O)OC. The van der Waals surface area contributed by atoms with E-state index in [4.69, 9.17) is 0 Å². The molecule has 0 aromatic heterocycles. The third-order valence-corrected chi connectivity index (χ3v) is 4.60. The summed E-state index contributed by atoms with van der Waals surface area (Å²) in [5.74, 6) is -0.339. The van der Waals surface area contributed by atoms with E-state index < -0.39 is 5.97 Å². The molecule has 0 N–H and O–H groups in total. The highest BCUT2D eigenvalue weighted by Gasteiger charge is 2.39. The van der Waals surface area contributed by atoms with Crippen LogP contribution in [-0.4, -0.2) is 36.3 Å². The fraction of sp³-hybridized carbons (Fsp3) is 0.400. The van der Waals surface area contributed by atoms with Gasteiger partial charge in [0.2, 0.25) is 0 Å². The Morgan fingerprint density at radius 3 is 2.71 bits per heavy atom. The number of ketones is 1. The van der Waals surface area contributed by atoms with E-state index in [1.807, 2.05) is 31.2 Å². The van der Waals surface area contributed by atoms with Crippen LogP contribution in [0.2, 0.25) is 0 Å². The molecule has 3 atom stereocenters. The number of hydrogen-bond acceptors (Lipinski definition) is 4. The molecule has 1 aliphatic rings. The zero-order valence-electron chi connectivity index (χ0n) is 14.4. The number of ether oxygens (including phenoxy) is 1. The molecule has 0 aliphatic carbocycles. The average molecular weight is 327 g/mol. The van der Waals surface area contributed by atoms with Gasteiger partial charge >= 0.3 is 5.97 Å². The number of methoxy groups -OCH3 is 1. The molecule has 0 amide bonds. The molecule has 1 aromatic rings. The van der Waals surface area contributed by atoms with Gasteiger partial charge in [-0.05, 0) is 12.0 Å². The molecule has 0 spiro atoms. The van der Waals surface area contributed by atoms with Gasteiger partial charge in [0.25, 0.3) is 0 Å². The molecular weight excluding hydrogens is 302 g/mol. The van der Waals surface area contributed by atoms with Crippen LogP contribution in [0.1, 0.15) is 31.4 Å². The second-order valence-corrected chi connectivity index (χ2v) is 6.07. The summed E-state index contributed by atoms with van der Waals surface area (Å²) >= 11 is 0. The number of likely N-dealkylation sites (tertiary alicyclic amines) is 1. The first-order chi connectivity index (χ1) is 11.6. The Kier molecular flexibility index (Phi) is 6.50. The number of rotatable bonds is 6.